The van der Waals surface area contributed by atoms with Gasteiger partial charge in [-0.15, -0.1) is 22.9 Å². The third-order valence-electron chi connectivity index (χ3n) is 2.93. The largest absolute Gasteiger partial charge is 0.204 e. The van der Waals surface area contributed by atoms with Crippen molar-refractivity contribution in [2.45, 2.75) is 5.38 Å². The number of halogens is 3. The molecule has 1 aromatic heterocycles. The molecule has 0 spiro atoms. The lowest BCUT2D eigenvalue weighted by Crippen LogP contribution is -1.93. The fourth-order valence-corrected chi connectivity index (χ4v) is 3.36. The van der Waals surface area contributed by atoms with Crippen LogP contribution >= 0.6 is 22.9 Å². The molecule has 1 atom stereocenters. The minimum atomic E-state index is -0.871. The van der Waals surface area contributed by atoms with Crippen LogP contribution in [0, 0.1) is 11.6 Å². The standard InChI is InChI=1S/C15H9ClF2S/c16-15(10-5-6-11(17)12(18)7-10)14-8-9-3-1-2-4-13(9)19-14/h1-8,15H. The molecule has 1 heterocycles. The van der Waals surface area contributed by atoms with Crippen molar-refractivity contribution in [1.29, 1.82) is 0 Å². The van der Waals surface area contributed by atoms with Crippen LogP contribution in [0.5, 0.6) is 0 Å². The molecule has 0 saturated heterocycles. The van der Waals surface area contributed by atoms with E-state index in [9.17, 15) is 8.78 Å². The Morgan fingerprint density at radius 3 is 2.47 bits per heavy atom. The number of alkyl halides is 1. The molecule has 4 heteroatoms. The minimum absolute atomic E-state index is 0.465. The molecule has 96 valence electrons. The van der Waals surface area contributed by atoms with Crippen molar-refractivity contribution < 1.29 is 8.78 Å². The Bertz CT molecular complexity index is 703. The Morgan fingerprint density at radius 2 is 1.74 bits per heavy atom. The molecule has 0 saturated carbocycles. The Hall–Kier alpha value is -1.45. The molecular weight excluding hydrogens is 286 g/mol. The van der Waals surface area contributed by atoms with Gasteiger partial charge in [0.1, 0.15) is 0 Å². The molecule has 0 aliphatic heterocycles. The van der Waals surface area contributed by atoms with Crippen LogP contribution in [0.1, 0.15) is 15.8 Å². The number of fused-ring (bicyclic) bond motifs is 1. The molecule has 3 aromatic rings. The third kappa shape index (κ3) is 2.36. The lowest BCUT2D eigenvalue weighted by molar-refractivity contribution is 0.507. The predicted octanol–water partition coefficient (Wildman–Crippen LogP) is 5.51. The summed E-state index contributed by atoms with van der Waals surface area (Å²) in [6.45, 7) is 0. The molecular formula is C15H9ClF2S. The van der Waals surface area contributed by atoms with E-state index in [4.69, 9.17) is 11.6 Å². The molecule has 19 heavy (non-hydrogen) atoms. The van der Waals surface area contributed by atoms with Gasteiger partial charge in [0.05, 0.1) is 5.38 Å². The van der Waals surface area contributed by atoms with Crippen molar-refractivity contribution in [3.8, 4) is 0 Å². The predicted molar refractivity (Wildman–Crippen MR) is 75.9 cm³/mol. The van der Waals surface area contributed by atoms with Crippen LogP contribution in [0.3, 0.4) is 0 Å². The van der Waals surface area contributed by atoms with Crippen molar-refractivity contribution in [2.24, 2.45) is 0 Å². The van der Waals surface area contributed by atoms with Gasteiger partial charge in [0, 0.05) is 9.58 Å². The first kappa shape index (κ1) is 12.6. The lowest BCUT2D eigenvalue weighted by Gasteiger charge is -2.07. The highest BCUT2D eigenvalue weighted by Gasteiger charge is 2.15. The van der Waals surface area contributed by atoms with E-state index in [1.807, 2.05) is 30.3 Å². The van der Waals surface area contributed by atoms with Crippen LogP contribution in [-0.2, 0) is 0 Å². The first-order valence-corrected chi connectivity index (χ1v) is 6.98. The maximum atomic E-state index is 13.2. The molecule has 0 N–H and O–H groups in total. The SMILES string of the molecule is Fc1ccc(C(Cl)c2cc3ccccc3s2)cc1F. The van der Waals surface area contributed by atoms with Crippen LogP contribution in [0.15, 0.2) is 48.5 Å². The molecule has 1 unspecified atom stereocenters. The normalized spacial score (nSPS) is 12.8. The fourth-order valence-electron chi connectivity index (χ4n) is 1.96. The second-order valence-corrected chi connectivity index (χ2v) is 5.77. The monoisotopic (exact) mass is 294 g/mol. The van der Waals surface area contributed by atoms with Crippen LogP contribution in [0.4, 0.5) is 8.78 Å². The number of rotatable bonds is 2. The summed E-state index contributed by atoms with van der Waals surface area (Å²) in [5, 5.41) is 0.642. The van der Waals surface area contributed by atoms with E-state index in [0.29, 0.717) is 5.56 Å². The van der Waals surface area contributed by atoms with Crippen molar-refractivity contribution in [3.05, 3.63) is 70.6 Å². The van der Waals surface area contributed by atoms with Gasteiger partial charge < -0.3 is 0 Å². The van der Waals surface area contributed by atoms with Gasteiger partial charge in [-0.2, -0.15) is 0 Å². The minimum Gasteiger partial charge on any atom is -0.204 e. The third-order valence-corrected chi connectivity index (χ3v) is 4.73. The fraction of sp³-hybridized carbons (Fsp3) is 0.0667. The van der Waals surface area contributed by atoms with E-state index in [1.165, 1.54) is 6.07 Å². The van der Waals surface area contributed by atoms with Crippen molar-refractivity contribution in [1.82, 2.24) is 0 Å². The summed E-state index contributed by atoms with van der Waals surface area (Å²) in [6.07, 6.45) is 0. The quantitative estimate of drug-likeness (QED) is 0.547. The molecule has 0 fully saturated rings. The van der Waals surface area contributed by atoms with Gasteiger partial charge in [0.15, 0.2) is 11.6 Å². The smallest absolute Gasteiger partial charge is 0.159 e. The lowest BCUT2D eigenvalue weighted by atomic mass is 10.1. The highest BCUT2D eigenvalue weighted by Crippen LogP contribution is 2.37. The van der Waals surface area contributed by atoms with E-state index in [-0.39, 0.29) is 0 Å². The maximum Gasteiger partial charge on any atom is 0.159 e. The summed E-state index contributed by atoms with van der Waals surface area (Å²) in [5.41, 5.74) is 0.562. The van der Waals surface area contributed by atoms with E-state index in [1.54, 1.807) is 11.3 Å². The van der Waals surface area contributed by atoms with Gasteiger partial charge in [-0.05, 0) is 35.2 Å². The van der Waals surface area contributed by atoms with Crippen molar-refractivity contribution in [3.63, 3.8) is 0 Å². The Morgan fingerprint density at radius 1 is 0.947 bits per heavy atom. The van der Waals surface area contributed by atoms with Gasteiger partial charge in [-0.1, -0.05) is 24.3 Å². The summed E-state index contributed by atoms with van der Waals surface area (Å²) >= 11 is 7.91. The van der Waals surface area contributed by atoms with Gasteiger partial charge in [0.2, 0.25) is 0 Å². The molecule has 2 aromatic carbocycles. The molecule has 0 bridgehead atoms. The van der Waals surface area contributed by atoms with Crippen LogP contribution in [-0.4, -0.2) is 0 Å². The Balaban J connectivity index is 2.02. The van der Waals surface area contributed by atoms with Crippen LogP contribution in [0.25, 0.3) is 10.1 Å². The van der Waals surface area contributed by atoms with Crippen LogP contribution in [0.2, 0.25) is 0 Å². The summed E-state index contributed by atoms with van der Waals surface area (Å²) in [6, 6.07) is 13.7. The van der Waals surface area contributed by atoms with Gasteiger partial charge in [-0.3, -0.25) is 0 Å². The highest BCUT2D eigenvalue weighted by atomic mass is 35.5. The van der Waals surface area contributed by atoms with E-state index in [0.717, 1.165) is 27.1 Å². The average molecular weight is 295 g/mol. The van der Waals surface area contributed by atoms with Gasteiger partial charge >= 0.3 is 0 Å². The zero-order valence-electron chi connectivity index (χ0n) is 9.74. The highest BCUT2D eigenvalue weighted by molar-refractivity contribution is 7.19. The molecule has 3 rings (SSSR count). The molecule has 0 aliphatic rings. The number of hydrogen-bond acceptors (Lipinski definition) is 1. The summed E-state index contributed by atoms with van der Waals surface area (Å²) in [4.78, 5) is 0.925. The number of thiophene rings is 1. The first-order chi connectivity index (χ1) is 9.15. The zero-order chi connectivity index (χ0) is 13.4. The van der Waals surface area contributed by atoms with Crippen LogP contribution < -0.4 is 0 Å². The molecule has 0 nitrogen and oxygen atoms in total. The van der Waals surface area contributed by atoms with E-state index < -0.39 is 17.0 Å². The second kappa shape index (κ2) is 4.91. The number of benzene rings is 2. The van der Waals surface area contributed by atoms with Crippen molar-refractivity contribution >= 4 is 33.0 Å². The average Bonchev–Trinajstić information content (AvgIpc) is 2.85. The topological polar surface area (TPSA) is 0 Å². The molecule has 0 aliphatic carbocycles. The van der Waals surface area contributed by atoms with Gasteiger partial charge in [-0.25, -0.2) is 8.78 Å². The van der Waals surface area contributed by atoms with E-state index >= 15 is 0 Å². The summed E-state index contributed by atoms with van der Waals surface area (Å²) in [5.74, 6) is -1.73. The summed E-state index contributed by atoms with van der Waals surface area (Å²) in [7, 11) is 0. The second-order valence-electron chi connectivity index (χ2n) is 4.22. The summed E-state index contributed by atoms with van der Waals surface area (Å²) < 4.78 is 27.3. The zero-order valence-corrected chi connectivity index (χ0v) is 11.3. The maximum absolute atomic E-state index is 13.2. The first-order valence-electron chi connectivity index (χ1n) is 5.72. The van der Waals surface area contributed by atoms with E-state index in [2.05, 4.69) is 0 Å². The van der Waals surface area contributed by atoms with Crippen molar-refractivity contribution in [2.75, 3.05) is 0 Å². The molecule has 0 amide bonds. The Labute approximate surface area is 118 Å². The van der Waals surface area contributed by atoms with Gasteiger partial charge in [0.25, 0.3) is 0 Å². The number of hydrogen-bond donors (Lipinski definition) is 0. The Kier molecular flexibility index (Phi) is 3.25. The molecule has 0 radical (unpaired) electrons.